The van der Waals surface area contributed by atoms with E-state index >= 15 is 0 Å². The van der Waals surface area contributed by atoms with Crippen LogP contribution in [0.4, 0.5) is 0 Å². The maximum absolute atomic E-state index is 6.44. The van der Waals surface area contributed by atoms with Crippen molar-refractivity contribution >= 4 is 60.1 Å². The third kappa shape index (κ3) is 4.67. The fourth-order valence-electron chi connectivity index (χ4n) is 3.44. The smallest absolute Gasteiger partial charge is 0.327 e. The highest BCUT2D eigenvalue weighted by atomic mass is 35.5. The van der Waals surface area contributed by atoms with Gasteiger partial charge in [-0.1, -0.05) is 121 Å². The maximum atomic E-state index is 6.44. The SMILES string of the molecule is CC(C)(C)c1cc(C(C)(C)C)c(P2Oc3c(Cl)c(Cl)c(Cl)c(Cl)c3O2)c(C(C)(C)C)c1. The molecule has 0 N–H and O–H groups in total. The maximum Gasteiger partial charge on any atom is 0.327 e. The van der Waals surface area contributed by atoms with E-state index in [-0.39, 0.29) is 36.3 Å². The molecule has 2 aromatic carbocycles. The predicted octanol–water partition coefficient (Wildman–Crippen LogP) is 9.60. The summed E-state index contributed by atoms with van der Waals surface area (Å²) in [5.41, 5.74) is 3.38. The van der Waals surface area contributed by atoms with Gasteiger partial charge in [0.15, 0.2) is 11.5 Å². The molecule has 0 bridgehead atoms. The third-order valence-electron chi connectivity index (χ3n) is 5.31. The molecule has 0 unspecified atom stereocenters. The lowest BCUT2D eigenvalue weighted by Crippen LogP contribution is -2.32. The van der Waals surface area contributed by atoms with Crippen molar-refractivity contribution in [1.29, 1.82) is 0 Å². The minimum atomic E-state index is -1.53. The van der Waals surface area contributed by atoms with Gasteiger partial charge in [-0.05, 0) is 32.9 Å². The predicted molar refractivity (Wildman–Crippen MR) is 137 cm³/mol. The molecule has 0 amide bonds. The van der Waals surface area contributed by atoms with Gasteiger partial charge in [-0.3, -0.25) is 0 Å². The van der Waals surface area contributed by atoms with Crippen molar-refractivity contribution < 1.29 is 9.05 Å². The van der Waals surface area contributed by atoms with Gasteiger partial charge in [-0.2, -0.15) is 0 Å². The summed E-state index contributed by atoms with van der Waals surface area (Å²) in [6.07, 6.45) is 0. The summed E-state index contributed by atoms with van der Waals surface area (Å²) in [5.74, 6) is 0.707. The number of hydrogen-bond acceptors (Lipinski definition) is 2. The molecule has 1 aliphatic rings. The topological polar surface area (TPSA) is 18.5 Å². The van der Waals surface area contributed by atoms with Crippen LogP contribution in [-0.2, 0) is 16.2 Å². The van der Waals surface area contributed by atoms with E-state index in [4.69, 9.17) is 55.5 Å². The van der Waals surface area contributed by atoms with Crippen LogP contribution >= 0.6 is 54.8 Å². The molecule has 0 saturated heterocycles. The van der Waals surface area contributed by atoms with Gasteiger partial charge in [0.2, 0.25) is 0 Å². The van der Waals surface area contributed by atoms with Crippen LogP contribution < -0.4 is 14.4 Å². The van der Waals surface area contributed by atoms with Crippen LogP contribution in [0.2, 0.25) is 20.1 Å². The van der Waals surface area contributed by atoms with Gasteiger partial charge < -0.3 is 9.05 Å². The number of hydrogen-bond donors (Lipinski definition) is 0. The molecule has 0 aliphatic carbocycles. The van der Waals surface area contributed by atoms with Crippen LogP contribution in [0.3, 0.4) is 0 Å². The molecule has 0 spiro atoms. The summed E-state index contributed by atoms with van der Waals surface area (Å²) in [5, 5.41) is 1.83. The van der Waals surface area contributed by atoms with Crippen LogP contribution in [0.15, 0.2) is 12.1 Å². The first-order chi connectivity index (χ1) is 13.9. The Morgan fingerprint density at radius 2 is 0.935 bits per heavy atom. The van der Waals surface area contributed by atoms with Crippen LogP contribution in [0.1, 0.15) is 79.0 Å². The molecule has 2 nitrogen and oxygen atoms in total. The highest BCUT2D eigenvalue weighted by molar-refractivity contribution is 7.57. The van der Waals surface area contributed by atoms with Gasteiger partial charge in [0.1, 0.15) is 10.0 Å². The lowest BCUT2D eigenvalue weighted by atomic mass is 9.75. The van der Waals surface area contributed by atoms with E-state index in [0.717, 1.165) is 5.30 Å². The summed E-state index contributed by atoms with van der Waals surface area (Å²) >= 11 is 25.4. The second kappa shape index (κ2) is 8.14. The quantitative estimate of drug-likeness (QED) is 0.211. The van der Waals surface area contributed by atoms with Gasteiger partial charge in [0, 0.05) is 0 Å². The highest BCUT2D eigenvalue weighted by Crippen LogP contribution is 2.62. The van der Waals surface area contributed by atoms with Crippen molar-refractivity contribution in [2.24, 2.45) is 0 Å². The Morgan fingerprint density at radius 3 is 1.23 bits per heavy atom. The van der Waals surface area contributed by atoms with Crippen molar-refractivity contribution in [3.63, 3.8) is 0 Å². The standard InChI is InChI=1S/C24H29Cl4O2P/c1-22(2,3)12-10-13(23(4,5)6)21(14(11-12)24(7,8)9)31-29-19-17(27)15(25)16(26)18(28)20(19)30-31/h10-11H,1-9H3. The molecule has 170 valence electrons. The monoisotopic (exact) mass is 520 g/mol. The van der Waals surface area contributed by atoms with Crippen molar-refractivity contribution in [1.82, 2.24) is 0 Å². The largest absolute Gasteiger partial charge is 0.430 e. The average Bonchev–Trinajstić information content (AvgIpc) is 3.06. The lowest BCUT2D eigenvalue weighted by Gasteiger charge is -2.34. The van der Waals surface area contributed by atoms with Gasteiger partial charge >= 0.3 is 8.38 Å². The Hall–Kier alpha value is -0.370. The first-order valence-corrected chi connectivity index (χ1v) is 12.8. The second-order valence-corrected chi connectivity index (χ2v) is 13.9. The molecule has 0 atom stereocenters. The molecule has 7 heteroatoms. The van der Waals surface area contributed by atoms with Gasteiger partial charge in [0.25, 0.3) is 0 Å². The summed E-state index contributed by atoms with van der Waals surface area (Å²) in [7, 11) is -1.53. The fraction of sp³-hybridized carbons (Fsp3) is 0.500. The van der Waals surface area contributed by atoms with Crippen molar-refractivity contribution in [3.05, 3.63) is 48.9 Å². The number of benzene rings is 2. The van der Waals surface area contributed by atoms with Crippen LogP contribution in [0.5, 0.6) is 11.5 Å². The van der Waals surface area contributed by atoms with Gasteiger partial charge in [-0.25, -0.2) is 0 Å². The number of halogens is 4. The van der Waals surface area contributed by atoms with E-state index in [9.17, 15) is 0 Å². The van der Waals surface area contributed by atoms with E-state index in [0.29, 0.717) is 11.5 Å². The van der Waals surface area contributed by atoms with E-state index in [1.165, 1.54) is 16.7 Å². The van der Waals surface area contributed by atoms with Crippen molar-refractivity contribution in [2.45, 2.75) is 78.6 Å². The minimum Gasteiger partial charge on any atom is -0.430 e. The zero-order chi connectivity index (χ0) is 23.7. The van der Waals surface area contributed by atoms with E-state index in [1.807, 2.05) is 0 Å². The first-order valence-electron chi connectivity index (χ1n) is 10.2. The van der Waals surface area contributed by atoms with Crippen LogP contribution in [0.25, 0.3) is 0 Å². The molecule has 2 aromatic rings. The van der Waals surface area contributed by atoms with E-state index in [1.54, 1.807) is 0 Å². The van der Waals surface area contributed by atoms with Crippen molar-refractivity contribution in [2.75, 3.05) is 0 Å². The number of fused-ring (bicyclic) bond motifs is 1. The summed E-state index contributed by atoms with van der Waals surface area (Å²) < 4.78 is 12.6. The Labute approximate surface area is 207 Å². The minimum absolute atomic E-state index is 0.000189. The molecule has 0 radical (unpaired) electrons. The highest BCUT2D eigenvalue weighted by Gasteiger charge is 2.41. The molecule has 0 fully saturated rings. The molecule has 1 heterocycles. The normalized spacial score (nSPS) is 15.0. The fourth-order valence-corrected chi connectivity index (χ4v) is 6.53. The van der Waals surface area contributed by atoms with Crippen LogP contribution in [-0.4, -0.2) is 0 Å². The van der Waals surface area contributed by atoms with Crippen LogP contribution in [0, 0.1) is 0 Å². The second-order valence-electron chi connectivity index (χ2n) is 11.0. The molecule has 1 aliphatic heterocycles. The molecular formula is C24H29Cl4O2P. The van der Waals surface area contributed by atoms with E-state index < -0.39 is 8.38 Å². The van der Waals surface area contributed by atoms with Gasteiger partial charge in [0.05, 0.1) is 15.3 Å². The molecule has 0 saturated carbocycles. The van der Waals surface area contributed by atoms with Crippen molar-refractivity contribution in [3.8, 4) is 11.5 Å². The summed E-state index contributed by atoms with van der Waals surface area (Å²) in [6, 6.07) is 4.57. The summed E-state index contributed by atoms with van der Waals surface area (Å²) in [4.78, 5) is 0. The Balaban J connectivity index is 2.31. The zero-order valence-corrected chi connectivity index (χ0v) is 23.3. The Kier molecular flexibility index (Phi) is 6.63. The number of rotatable bonds is 1. The lowest BCUT2D eigenvalue weighted by molar-refractivity contribution is 0.544. The molecular weight excluding hydrogens is 493 g/mol. The first kappa shape index (κ1) is 25.3. The Bertz CT molecular complexity index is 972. The third-order valence-corrected chi connectivity index (χ3v) is 8.62. The average molecular weight is 522 g/mol. The summed E-state index contributed by atoms with van der Waals surface area (Å²) in [6.45, 7) is 19.9. The molecule has 3 rings (SSSR count). The molecule has 0 aromatic heterocycles. The molecule has 31 heavy (non-hydrogen) atoms. The van der Waals surface area contributed by atoms with Gasteiger partial charge in [-0.15, -0.1) is 0 Å². The Morgan fingerprint density at radius 1 is 0.581 bits per heavy atom. The zero-order valence-electron chi connectivity index (χ0n) is 19.4. The van der Waals surface area contributed by atoms with E-state index in [2.05, 4.69) is 74.4 Å².